The van der Waals surface area contributed by atoms with E-state index in [0.717, 1.165) is 22.2 Å². The Labute approximate surface area is 215 Å². The van der Waals surface area contributed by atoms with Crippen LogP contribution in [-0.4, -0.2) is 27.0 Å². The lowest BCUT2D eigenvalue weighted by Crippen LogP contribution is -2.17. The molecule has 38 heavy (non-hydrogen) atoms. The molecule has 9 heteroatoms. The number of alkyl halides is 3. The molecule has 0 atom stereocenters. The molecule has 0 aliphatic heterocycles. The van der Waals surface area contributed by atoms with Gasteiger partial charge in [0.2, 0.25) is 0 Å². The summed E-state index contributed by atoms with van der Waals surface area (Å²) < 4.78 is 49.7. The highest BCUT2D eigenvalue weighted by Crippen LogP contribution is 2.30. The molecule has 0 aliphatic carbocycles. The number of hydrogen-bond donors (Lipinski definition) is 1. The minimum Gasteiger partial charge on any atom is -0.489 e. The second kappa shape index (κ2) is 10.3. The van der Waals surface area contributed by atoms with Gasteiger partial charge in [0.25, 0.3) is 0 Å². The molecule has 0 aliphatic rings. The Morgan fingerprint density at radius 1 is 0.842 bits per heavy atom. The zero-order valence-electron chi connectivity index (χ0n) is 19.9. The summed E-state index contributed by atoms with van der Waals surface area (Å²) in [5.41, 5.74) is 4.22. The Kier molecular flexibility index (Phi) is 6.74. The van der Waals surface area contributed by atoms with Crippen LogP contribution in [0.1, 0.15) is 21.5 Å². The van der Waals surface area contributed by atoms with Gasteiger partial charge in [-0.05, 0) is 65.7 Å². The monoisotopic (exact) mass is 518 g/mol. The van der Waals surface area contributed by atoms with Crippen LogP contribution < -0.4 is 9.47 Å². The van der Waals surface area contributed by atoms with Crippen LogP contribution in [0.5, 0.6) is 11.5 Å². The topological polar surface area (TPSA) is 73.6 Å². The van der Waals surface area contributed by atoms with Crippen molar-refractivity contribution in [2.75, 3.05) is 0 Å². The van der Waals surface area contributed by atoms with E-state index in [1.807, 2.05) is 53.1 Å². The van der Waals surface area contributed by atoms with Gasteiger partial charge in [0.15, 0.2) is 0 Å². The lowest BCUT2D eigenvalue weighted by atomic mass is 10.1. The first-order valence-electron chi connectivity index (χ1n) is 11.6. The maximum Gasteiger partial charge on any atom is 0.573 e. The molecule has 0 bridgehead atoms. The molecule has 6 nitrogen and oxygen atoms in total. The predicted molar refractivity (Wildman–Crippen MR) is 135 cm³/mol. The van der Waals surface area contributed by atoms with Crippen molar-refractivity contribution in [2.24, 2.45) is 0 Å². The molecule has 0 unspecified atom stereocenters. The number of hydrogen-bond acceptors (Lipinski definition) is 4. The van der Waals surface area contributed by atoms with Gasteiger partial charge in [-0.15, -0.1) is 13.2 Å². The Balaban J connectivity index is 1.46. The molecule has 1 N–H and O–H groups in total. The van der Waals surface area contributed by atoms with E-state index in [1.165, 1.54) is 24.3 Å². The van der Waals surface area contributed by atoms with E-state index >= 15 is 0 Å². The number of halogens is 3. The number of aromatic nitrogens is 2. The zero-order chi connectivity index (χ0) is 26.7. The molecule has 4 aromatic carbocycles. The van der Waals surface area contributed by atoms with Crippen LogP contribution in [0.2, 0.25) is 0 Å². The summed E-state index contributed by atoms with van der Waals surface area (Å²) in [4.78, 5) is 16.0. The number of nitrogens with zero attached hydrogens (tertiary/aromatic N) is 2. The normalized spacial score (nSPS) is 11.4. The van der Waals surface area contributed by atoms with Gasteiger partial charge in [-0.3, -0.25) is 0 Å². The van der Waals surface area contributed by atoms with Crippen molar-refractivity contribution < 1.29 is 32.5 Å². The van der Waals surface area contributed by atoms with Crippen molar-refractivity contribution in [3.05, 3.63) is 114 Å². The van der Waals surface area contributed by atoms with Gasteiger partial charge in [-0.1, -0.05) is 42.5 Å². The van der Waals surface area contributed by atoms with E-state index in [9.17, 15) is 23.1 Å². The van der Waals surface area contributed by atoms with Crippen molar-refractivity contribution in [1.29, 1.82) is 0 Å². The molecular weight excluding hydrogens is 497 g/mol. The molecule has 1 heterocycles. The number of ether oxygens (including phenoxy) is 2. The summed E-state index contributed by atoms with van der Waals surface area (Å²) >= 11 is 0. The van der Waals surface area contributed by atoms with Crippen molar-refractivity contribution in [3.8, 4) is 22.9 Å². The first kappa shape index (κ1) is 24.9. The smallest absolute Gasteiger partial charge is 0.489 e. The third-order valence-corrected chi connectivity index (χ3v) is 5.92. The quantitative estimate of drug-likeness (QED) is 0.241. The van der Waals surface area contributed by atoms with Gasteiger partial charge >= 0.3 is 12.3 Å². The largest absolute Gasteiger partial charge is 0.573 e. The maximum atomic E-state index is 12.6. The molecule has 1 aromatic heterocycles. The van der Waals surface area contributed by atoms with Gasteiger partial charge in [0, 0.05) is 5.56 Å². The summed E-state index contributed by atoms with van der Waals surface area (Å²) in [7, 11) is 0. The number of aromatic carboxylic acids is 1. The molecule has 5 aromatic rings. The first-order chi connectivity index (χ1) is 18.3. The third kappa shape index (κ3) is 5.62. The van der Waals surface area contributed by atoms with E-state index in [2.05, 4.69) is 4.74 Å². The number of carboxylic acids is 1. The number of imidazole rings is 1. The van der Waals surface area contributed by atoms with E-state index in [4.69, 9.17) is 9.72 Å². The van der Waals surface area contributed by atoms with Crippen LogP contribution in [0.25, 0.3) is 22.4 Å². The van der Waals surface area contributed by atoms with Crippen LogP contribution in [0.4, 0.5) is 13.2 Å². The fourth-order valence-corrected chi connectivity index (χ4v) is 4.16. The van der Waals surface area contributed by atoms with Gasteiger partial charge < -0.3 is 19.1 Å². The number of carbonyl (C=O) groups is 1. The fraction of sp³-hybridized carbons (Fsp3) is 0.103. The molecule has 0 saturated heterocycles. The molecule has 0 fully saturated rings. The molecule has 0 radical (unpaired) electrons. The van der Waals surface area contributed by atoms with E-state index in [1.54, 1.807) is 24.3 Å². The minimum atomic E-state index is -4.77. The lowest BCUT2D eigenvalue weighted by molar-refractivity contribution is -0.274. The molecule has 0 saturated carbocycles. The summed E-state index contributed by atoms with van der Waals surface area (Å²) in [6, 6.07) is 27.2. The number of fused-ring (bicyclic) bond motifs is 1. The molecule has 5 rings (SSSR count). The maximum absolute atomic E-state index is 12.6. The Bertz CT molecular complexity index is 1590. The molecule has 0 amide bonds. The van der Waals surface area contributed by atoms with Crippen molar-refractivity contribution in [1.82, 2.24) is 9.55 Å². The Morgan fingerprint density at radius 2 is 1.55 bits per heavy atom. The van der Waals surface area contributed by atoms with Crippen LogP contribution in [0.15, 0.2) is 97.1 Å². The van der Waals surface area contributed by atoms with E-state index in [0.29, 0.717) is 23.7 Å². The average Bonchev–Trinajstić information content (AvgIpc) is 3.26. The van der Waals surface area contributed by atoms with Gasteiger partial charge in [0.05, 0.1) is 23.1 Å². The number of rotatable bonds is 8. The van der Waals surface area contributed by atoms with Gasteiger partial charge in [0.1, 0.15) is 23.9 Å². The minimum absolute atomic E-state index is 0.136. The van der Waals surface area contributed by atoms with Crippen molar-refractivity contribution >= 4 is 17.0 Å². The number of carboxylic acid groups (broad SMARTS) is 1. The number of para-hydroxylation sites is 2. The van der Waals surface area contributed by atoms with Crippen LogP contribution >= 0.6 is 0 Å². The summed E-state index contributed by atoms with van der Waals surface area (Å²) in [6.07, 6.45) is -4.77. The lowest BCUT2D eigenvalue weighted by Gasteiger charge is -2.15. The van der Waals surface area contributed by atoms with Crippen molar-refractivity contribution in [3.63, 3.8) is 0 Å². The highest BCUT2D eigenvalue weighted by molar-refractivity contribution is 5.88. The Hall–Kier alpha value is -4.79. The van der Waals surface area contributed by atoms with Crippen LogP contribution in [0.3, 0.4) is 0 Å². The van der Waals surface area contributed by atoms with Crippen LogP contribution in [-0.2, 0) is 13.2 Å². The summed E-state index contributed by atoms with van der Waals surface area (Å²) in [5, 5.41) is 9.23. The van der Waals surface area contributed by atoms with Gasteiger partial charge in [-0.25, -0.2) is 9.78 Å². The highest BCUT2D eigenvalue weighted by Gasteiger charge is 2.31. The fourth-order valence-electron chi connectivity index (χ4n) is 4.16. The van der Waals surface area contributed by atoms with E-state index < -0.39 is 12.3 Å². The Morgan fingerprint density at radius 3 is 2.29 bits per heavy atom. The second-order valence-electron chi connectivity index (χ2n) is 8.47. The first-order valence-corrected chi connectivity index (χ1v) is 11.6. The third-order valence-electron chi connectivity index (χ3n) is 5.92. The predicted octanol–water partition coefficient (Wildman–Crippen LogP) is 6.93. The summed E-state index contributed by atoms with van der Waals surface area (Å²) in [5.74, 6) is -0.309. The zero-order valence-corrected chi connectivity index (χ0v) is 19.9. The molecule has 0 spiro atoms. The second-order valence-corrected chi connectivity index (χ2v) is 8.47. The van der Waals surface area contributed by atoms with Crippen LogP contribution in [0, 0.1) is 0 Å². The van der Waals surface area contributed by atoms with Gasteiger partial charge in [-0.2, -0.15) is 0 Å². The molecular formula is C29H21F3N2O4. The van der Waals surface area contributed by atoms with E-state index in [-0.39, 0.29) is 17.9 Å². The van der Waals surface area contributed by atoms with Crippen molar-refractivity contribution in [2.45, 2.75) is 19.5 Å². The SMILES string of the molecule is O=C(O)c1cccc(OCc2ccccc2Cn2c(-c3ccc(OC(F)(F)F)cc3)nc3ccccc32)c1. The number of benzene rings is 4. The summed E-state index contributed by atoms with van der Waals surface area (Å²) in [6.45, 7) is 0.635. The average molecular weight is 518 g/mol. The highest BCUT2D eigenvalue weighted by atomic mass is 19.4. The molecule has 192 valence electrons. The standard InChI is InChI=1S/C29H21F3N2O4/c30-29(31,32)38-23-14-12-19(13-15-23)27-33-25-10-3-4-11-26(25)34(27)17-21-6-1-2-7-22(21)18-37-24-9-5-8-20(16-24)28(35)36/h1-16H,17-18H2,(H,35,36).